The molecule has 0 amide bonds. The van der Waals surface area contributed by atoms with Gasteiger partial charge in [-0.1, -0.05) is 13.3 Å². The predicted octanol–water partition coefficient (Wildman–Crippen LogP) is 1.52. The van der Waals surface area contributed by atoms with E-state index in [2.05, 4.69) is 13.8 Å². The fourth-order valence-electron chi connectivity index (χ4n) is 1.37. The normalized spacial score (nSPS) is 47.6. The average molecular weight is 113 g/mol. The van der Waals surface area contributed by atoms with Crippen LogP contribution in [-0.4, -0.2) is 5.54 Å². The van der Waals surface area contributed by atoms with Crippen LogP contribution in [0.2, 0.25) is 0 Å². The van der Waals surface area contributed by atoms with Crippen molar-refractivity contribution in [3.63, 3.8) is 0 Å². The number of nitrogens with two attached hydrogens (primary N) is 1. The van der Waals surface area contributed by atoms with Crippen molar-refractivity contribution in [1.82, 2.24) is 0 Å². The molecule has 0 aromatic heterocycles. The third-order valence-electron chi connectivity index (χ3n) is 2.48. The summed E-state index contributed by atoms with van der Waals surface area (Å²) in [6, 6.07) is 0. The Labute approximate surface area is 51.3 Å². The zero-order valence-corrected chi connectivity index (χ0v) is 5.78. The van der Waals surface area contributed by atoms with Gasteiger partial charge in [-0.05, 0) is 25.7 Å². The van der Waals surface area contributed by atoms with Crippen molar-refractivity contribution in [1.29, 1.82) is 0 Å². The molecule has 2 atom stereocenters. The van der Waals surface area contributed by atoms with Crippen molar-refractivity contribution >= 4 is 0 Å². The van der Waals surface area contributed by atoms with Gasteiger partial charge in [0.25, 0.3) is 0 Å². The highest BCUT2D eigenvalue weighted by molar-refractivity contribution is 4.89. The van der Waals surface area contributed by atoms with Crippen LogP contribution in [0.25, 0.3) is 0 Å². The maximum atomic E-state index is 5.92. The van der Waals surface area contributed by atoms with Gasteiger partial charge in [0.05, 0.1) is 0 Å². The Kier molecular flexibility index (Phi) is 1.31. The molecule has 1 rings (SSSR count). The summed E-state index contributed by atoms with van der Waals surface area (Å²) in [7, 11) is 0. The smallest absolute Gasteiger partial charge is 0.0151 e. The van der Waals surface area contributed by atoms with Crippen molar-refractivity contribution in [2.75, 3.05) is 0 Å². The van der Waals surface area contributed by atoms with E-state index in [1.807, 2.05) is 0 Å². The standard InChI is InChI=1S/C7H15N/c1-6-4-3-5-7(6,2)8/h6H,3-5,8H2,1-2H3/t6-,7-/m0/s1. The first kappa shape index (κ1) is 6.09. The van der Waals surface area contributed by atoms with Gasteiger partial charge in [0, 0.05) is 5.54 Å². The summed E-state index contributed by atoms with van der Waals surface area (Å²) in [6.45, 7) is 4.40. The third-order valence-corrected chi connectivity index (χ3v) is 2.48. The van der Waals surface area contributed by atoms with Crippen LogP contribution in [0, 0.1) is 5.92 Å². The van der Waals surface area contributed by atoms with Crippen molar-refractivity contribution in [3.8, 4) is 0 Å². The largest absolute Gasteiger partial charge is 0.325 e. The highest BCUT2D eigenvalue weighted by atomic mass is 14.7. The Morgan fingerprint density at radius 1 is 1.62 bits per heavy atom. The molecule has 0 bridgehead atoms. The van der Waals surface area contributed by atoms with Crippen molar-refractivity contribution < 1.29 is 0 Å². The topological polar surface area (TPSA) is 26.0 Å². The molecule has 1 heteroatoms. The van der Waals surface area contributed by atoms with Gasteiger partial charge >= 0.3 is 0 Å². The van der Waals surface area contributed by atoms with Crippen LogP contribution in [0.5, 0.6) is 0 Å². The average Bonchev–Trinajstić information content (AvgIpc) is 1.86. The summed E-state index contributed by atoms with van der Waals surface area (Å²) in [5.41, 5.74) is 6.07. The summed E-state index contributed by atoms with van der Waals surface area (Å²) in [6.07, 6.45) is 3.87. The lowest BCUT2D eigenvalue weighted by molar-refractivity contribution is 0.373. The molecule has 0 unspecified atom stereocenters. The van der Waals surface area contributed by atoms with E-state index in [0.29, 0.717) is 0 Å². The molecule has 0 saturated heterocycles. The molecular formula is C7H15N. The molecule has 0 aromatic carbocycles. The zero-order chi connectivity index (χ0) is 6.20. The van der Waals surface area contributed by atoms with E-state index < -0.39 is 0 Å². The molecule has 0 heterocycles. The van der Waals surface area contributed by atoms with Crippen molar-refractivity contribution in [3.05, 3.63) is 0 Å². The highest BCUT2D eigenvalue weighted by Gasteiger charge is 2.30. The maximum Gasteiger partial charge on any atom is 0.0151 e. The van der Waals surface area contributed by atoms with Crippen LogP contribution in [0.15, 0.2) is 0 Å². The second-order valence-electron chi connectivity index (χ2n) is 3.30. The summed E-state index contributed by atoms with van der Waals surface area (Å²) >= 11 is 0. The molecule has 0 aromatic rings. The van der Waals surface area contributed by atoms with Crippen molar-refractivity contribution in [2.45, 2.75) is 38.6 Å². The zero-order valence-electron chi connectivity index (χ0n) is 5.78. The van der Waals surface area contributed by atoms with Gasteiger partial charge in [0.15, 0.2) is 0 Å². The van der Waals surface area contributed by atoms with E-state index in [9.17, 15) is 0 Å². The molecule has 8 heavy (non-hydrogen) atoms. The Morgan fingerprint density at radius 3 is 2.38 bits per heavy atom. The van der Waals surface area contributed by atoms with E-state index >= 15 is 0 Å². The molecule has 48 valence electrons. The predicted molar refractivity (Wildman–Crippen MR) is 35.6 cm³/mol. The van der Waals surface area contributed by atoms with E-state index in [0.717, 1.165) is 5.92 Å². The van der Waals surface area contributed by atoms with E-state index in [1.54, 1.807) is 0 Å². The van der Waals surface area contributed by atoms with Crippen LogP contribution >= 0.6 is 0 Å². The minimum Gasteiger partial charge on any atom is -0.325 e. The molecule has 1 nitrogen and oxygen atoms in total. The molecule has 1 aliphatic carbocycles. The van der Waals surface area contributed by atoms with Crippen LogP contribution in [0.3, 0.4) is 0 Å². The lowest BCUT2D eigenvalue weighted by Gasteiger charge is -2.22. The van der Waals surface area contributed by atoms with Crippen LogP contribution in [0.4, 0.5) is 0 Å². The molecule has 2 N–H and O–H groups in total. The van der Waals surface area contributed by atoms with Crippen LogP contribution < -0.4 is 5.73 Å². The van der Waals surface area contributed by atoms with Gasteiger partial charge in [0.1, 0.15) is 0 Å². The van der Waals surface area contributed by atoms with E-state index in [4.69, 9.17) is 5.73 Å². The summed E-state index contributed by atoms with van der Waals surface area (Å²) in [4.78, 5) is 0. The summed E-state index contributed by atoms with van der Waals surface area (Å²) < 4.78 is 0. The van der Waals surface area contributed by atoms with Gasteiger partial charge in [0.2, 0.25) is 0 Å². The fourth-order valence-corrected chi connectivity index (χ4v) is 1.37. The second-order valence-corrected chi connectivity index (χ2v) is 3.30. The monoisotopic (exact) mass is 113 g/mol. The molecule has 1 fully saturated rings. The van der Waals surface area contributed by atoms with Gasteiger partial charge in [-0.25, -0.2) is 0 Å². The summed E-state index contributed by atoms with van der Waals surface area (Å²) in [5, 5.41) is 0. The molecule has 1 saturated carbocycles. The quantitative estimate of drug-likeness (QED) is 0.506. The first-order valence-electron chi connectivity index (χ1n) is 3.42. The number of hydrogen-bond donors (Lipinski definition) is 1. The van der Waals surface area contributed by atoms with E-state index in [1.165, 1.54) is 19.3 Å². The Hall–Kier alpha value is -0.0400. The molecule has 0 radical (unpaired) electrons. The Balaban J connectivity index is 2.54. The minimum absolute atomic E-state index is 0.153. The van der Waals surface area contributed by atoms with Gasteiger partial charge in [-0.3, -0.25) is 0 Å². The second kappa shape index (κ2) is 1.73. The first-order chi connectivity index (χ1) is 3.63. The van der Waals surface area contributed by atoms with E-state index in [-0.39, 0.29) is 5.54 Å². The maximum absolute atomic E-state index is 5.92. The highest BCUT2D eigenvalue weighted by Crippen LogP contribution is 2.32. The third kappa shape index (κ3) is 0.873. The van der Waals surface area contributed by atoms with Gasteiger partial charge in [-0.2, -0.15) is 0 Å². The Bertz CT molecular complexity index is 86.4. The number of rotatable bonds is 0. The van der Waals surface area contributed by atoms with Gasteiger partial charge in [-0.15, -0.1) is 0 Å². The SMILES string of the molecule is C[C@H]1CCC[C@]1(C)N. The number of hydrogen-bond acceptors (Lipinski definition) is 1. The molecule has 0 aliphatic heterocycles. The molecule has 0 spiro atoms. The lowest BCUT2D eigenvalue weighted by atomic mass is 9.92. The Morgan fingerprint density at radius 2 is 2.25 bits per heavy atom. The fraction of sp³-hybridized carbons (Fsp3) is 1.00. The molecular weight excluding hydrogens is 98.1 g/mol. The van der Waals surface area contributed by atoms with Crippen LogP contribution in [0.1, 0.15) is 33.1 Å². The van der Waals surface area contributed by atoms with Gasteiger partial charge < -0.3 is 5.73 Å². The minimum atomic E-state index is 0.153. The molecule has 1 aliphatic rings. The van der Waals surface area contributed by atoms with Crippen LogP contribution in [-0.2, 0) is 0 Å². The van der Waals surface area contributed by atoms with Crippen molar-refractivity contribution in [2.24, 2.45) is 11.7 Å². The lowest BCUT2D eigenvalue weighted by Crippen LogP contribution is -2.38. The first-order valence-corrected chi connectivity index (χ1v) is 3.42. The summed E-state index contributed by atoms with van der Waals surface area (Å²) in [5.74, 6) is 0.738.